The van der Waals surface area contributed by atoms with Gasteiger partial charge in [0.15, 0.2) is 5.11 Å². The number of carbonyl (C=O) groups excluding carboxylic acids is 1. The number of hydrogen-bond donors (Lipinski definition) is 2. The van der Waals surface area contributed by atoms with Gasteiger partial charge in [-0.3, -0.25) is 10.1 Å². The SMILES string of the molecule is O=C1NC(=S)N/C1=C/c1ccc(-c2cccc(F)c2)o1. The second kappa shape index (κ2) is 4.90. The lowest BCUT2D eigenvalue weighted by atomic mass is 10.2. The Bertz CT molecular complexity index is 736. The maximum absolute atomic E-state index is 13.2. The Hall–Kier alpha value is -2.47. The first-order valence-corrected chi connectivity index (χ1v) is 6.22. The topological polar surface area (TPSA) is 54.3 Å². The van der Waals surface area contributed by atoms with Crippen molar-refractivity contribution in [3.63, 3.8) is 0 Å². The number of halogens is 1. The zero-order chi connectivity index (χ0) is 14.1. The van der Waals surface area contributed by atoms with Crippen molar-refractivity contribution in [3.05, 3.63) is 53.7 Å². The van der Waals surface area contributed by atoms with Gasteiger partial charge in [-0.1, -0.05) is 12.1 Å². The van der Waals surface area contributed by atoms with Crippen LogP contribution in [0.15, 0.2) is 46.5 Å². The molecule has 0 saturated carbocycles. The van der Waals surface area contributed by atoms with E-state index in [1.165, 1.54) is 18.2 Å². The van der Waals surface area contributed by atoms with Crippen LogP contribution < -0.4 is 10.6 Å². The molecule has 0 bridgehead atoms. The van der Waals surface area contributed by atoms with Crippen LogP contribution in [0.2, 0.25) is 0 Å². The smallest absolute Gasteiger partial charge is 0.274 e. The molecular formula is C14H9FN2O2S. The monoisotopic (exact) mass is 288 g/mol. The number of furan rings is 1. The van der Waals surface area contributed by atoms with E-state index in [2.05, 4.69) is 10.6 Å². The summed E-state index contributed by atoms with van der Waals surface area (Å²) < 4.78 is 18.7. The molecule has 1 aromatic carbocycles. The maximum atomic E-state index is 13.2. The molecule has 1 fully saturated rings. The molecule has 0 spiro atoms. The summed E-state index contributed by atoms with van der Waals surface area (Å²) in [6, 6.07) is 9.51. The summed E-state index contributed by atoms with van der Waals surface area (Å²) in [5.74, 6) is 0.364. The molecule has 4 nitrogen and oxygen atoms in total. The van der Waals surface area contributed by atoms with Gasteiger partial charge in [-0.15, -0.1) is 0 Å². The van der Waals surface area contributed by atoms with E-state index in [1.54, 1.807) is 24.3 Å². The van der Waals surface area contributed by atoms with Gasteiger partial charge in [0.1, 0.15) is 23.0 Å². The quantitative estimate of drug-likeness (QED) is 0.658. The van der Waals surface area contributed by atoms with Gasteiger partial charge in [-0.2, -0.15) is 0 Å². The van der Waals surface area contributed by atoms with Crippen molar-refractivity contribution in [2.45, 2.75) is 0 Å². The number of nitrogens with one attached hydrogen (secondary N) is 2. The third-order valence-electron chi connectivity index (χ3n) is 2.74. The van der Waals surface area contributed by atoms with Gasteiger partial charge < -0.3 is 9.73 Å². The predicted octanol–water partition coefficient (Wildman–Crippen LogP) is 2.43. The highest BCUT2D eigenvalue weighted by Crippen LogP contribution is 2.24. The average molecular weight is 288 g/mol. The molecular weight excluding hydrogens is 279 g/mol. The largest absolute Gasteiger partial charge is 0.457 e. The van der Waals surface area contributed by atoms with Gasteiger partial charge >= 0.3 is 0 Å². The lowest BCUT2D eigenvalue weighted by Crippen LogP contribution is -2.21. The second-order valence-electron chi connectivity index (χ2n) is 4.18. The highest BCUT2D eigenvalue weighted by molar-refractivity contribution is 7.80. The summed E-state index contributed by atoms with van der Waals surface area (Å²) in [5.41, 5.74) is 0.948. The Labute approximate surface area is 119 Å². The number of thiocarbonyl (C=S) groups is 1. The molecule has 2 heterocycles. The van der Waals surface area contributed by atoms with Crippen LogP contribution in [0.1, 0.15) is 5.76 Å². The fourth-order valence-corrected chi connectivity index (χ4v) is 2.05. The van der Waals surface area contributed by atoms with Crippen molar-refractivity contribution in [1.82, 2.24) is 10.6 Å². The van der Waals surface area contributed by atoms with Crippen LogP contribution in [0.5, 0.6) is 0 Å². The van der Waals surface area contributed by atoms with Gasteiger partial charge in [-0.25, -0.2) is 4.39 Å². The van der Waals surface area contributed by atoms with Gasteiger partial charge in [0.2, 0.25) is 0 Å². The molecule has 6 heteroatoms. The summed E-state index contributed by atoms with van der Waals surface area (Å²) >= 11 is 4.83. The van der Waals surface area contributed by atoms with Crippen LogP contribution in [0.4, 0.5) is 4.39 Å². The molecule has 1 saturated heterocycles. The molecule has 100 valence electrons. The summed E-state index contributed by atoms with van der Waals surface area (Å²) in [6.07, 6.45) is 1.54. The lowest BCUT2D eigenvalue weighted by Gasteiger charge is -1.96. The van der Waals surface area contributed by atoms with Gasteiger partial charge in [0, 0.05) is 11.6 Å². The number of rotatable bonds is 2. The Balaban J connectivity index is 1.89. The fourth-order valence-electron chi connectivity index (χ4n) is 1.85. The van der Waals surface area contributed by atoms with E-state index in [0.29, 0.717) is 22.8 Å². The predicted molar refractivity (Wildman–Crippen MR) is 76.0 cm³/mol. The van der Waals surface area contributed by atoms with Crippen LogP contribution in [-0.2, 0) is 4.79 Å². The number of benzene rings is 1. The van der Waals surface area contributed by atoms with E-state index in [1.807, 2.05) is 0 Å². The molecule has 20 heavy (non-hydrogen) atoms. The van der Waals surface area contributed by atoms with Crippen molar-refractivity contribution in [3.8, 4) is 11.3 Å². The zero-order valence-corrected chi connectivity index (χ0v) is 11.0. The lowest BCUT2D eigenvalue weighted by molar-refractivity contribution is -0.115. The van der Waals surface area contributed by atoms with Crippen LogP contribution >= 0.6 is 12.2 Å². The first kappa shape index (κ1) is 12.6. The van der Waals surface area contributed by atoms with E-state index in [9.17, 15) is 9.18 Å². The second-order valence-corrected chi connectivity index (χ2v) is 4.59. The molecule has 1 aromatic heterocycles. The number of hydrogen-bond acceptors (Lipinski definition) is 3. The summed E-state index contributed by atoms with van der Waals surface area (Å²) in [5, 5.41) is 5.44. The van der Waals surface area contributed by atoms with Crippen molar-refractivity contribution in [2.24, 2.45) is 0 Å². The molecule has 1 aliphatic rings. The van der Waals surface area contributed by atoms with E-state index >= 15 is 0 Å². The maximum Gasteiger partial charge on any atom is 0.274 e. The molecule has 1 aliphatic heterocycles. The van der Waals surface area contributed by atoms with Gasteiger partial charge in [0.05, 0.1) is 0 Å². The van der Waals surface area contributed by atoms with E-state index in [0.717, 1.165) is 0 Å². The first-order valence-electron chi connectivity index (χ1n) is 5.81. The van der Waals surface area contributed by atoms with E-state index in [4.69, 9.17) is 16.6 Å². The Kier molecular flexibility index (Phi) is 3.08. The van der Waals surface area contributed by atoms with Crippen LogP contribution in [0.3, 0.4) is 0 Å². The third kappa shape index (κ3) is 2.46. The van der Waals surface area contributed by atoms with E-state index in [-0.39, 0.29) is 16.8 Å². The standard InChI is InChI=1S/C14H9FN2O2S/c15-9-3-1-2-8(6-9)12-5-4-10(19-12)7-11-13(18)17-14(20)16-11/h1-7H,(H2,16,17,18,20)/b11-7+. The van der Waals surface area contributed by atoms with E-state index < -0.39 is 0 Å². The minimum Gasteiger partial charge on any atom is -0.457 e. The minimum absolute atomic E-state index is 0.262. The highest BCUT2D eigenvalue weighted by Gasteiger charge is 2.20. The summed E-state index contributed by atoms with van der Waals surface area (Å²) in [7, 11) is 0. The van der Waals surface area contributed by atoms with Crippen molar-refractivity contribution >= 4 is 29.3 Å². The molecule has 0 atom stereocenters. The van der Waals surface area contributed by atoms with Gasteiger partial charge in [-0.05, 0) is 36.5 Å². The molecule has 2 aromatic rings. The Morgan fingerprint density at radius 3 is 2.75 bits per heavy atom. The summed E-state index contributed by atoms with van der Waals surface area (Å²) in [6.45, 7) is 0. The van der Waals surface area contributed by atoms with Crippen molar-refractivity contribution in [1.29, 1.82) is 0 Å². The normalized spacial score (nSPS) is 16.4. The molecule has 0 aliphatic carbocycles. The highest BCUT2D eigenvalue weighted by atomic mass is 32.1. The third-order valence-corrected chi connectivity index (χ3v) is 2.95. The molecule has 0 unspecified atom stereocenters. The summed E-state index contributed by atoms with van der Waals surface area (Å²) in [4.78, 5) is 11.5. The van der Waals surface area contributed by atoms with Crippen LogP contribution in [-0.4, -0.2) is 11.0 Å². The van der Waals surface area contributed by atoms with Crippen LogP contribution in [0.25, 0.3) is 17.4 Å². The molecule has 2 N–H and O–H groups in total. The van der Waals surface area contributed by atoms with Crippen molar-refractivity contribution in [2.75, 3.05) is 0 Å². The molecule has 3 rings (SSSR count). The van der Waals surface area contributed by atoms with Gasteiger partial charge in [0.25, 0.3) is 5.91 Å². The van der Waals surface area contributed by atoms with Crippen molar-refractivity contribution < 1.29 is 13.6 Å². The average Bonchev–Trinajstić information content (AvgIpc) is 2.97. The van der Waals surface area contributed by atoms with Crippen LogP contribution in [0, 0.1) is 5.82 Å². The molecule has 1 amide bonds. The Morgan fingerprint density at radius 2 is 2.05 bits per heavy atom. The number of carbonyl (C=O) groups is 1. The zero-order valence-electron chi connectivity index (χ0n) is 10.1. The first-order chi connectivity index (χ1) is 9.61. The minimum atomic E-state index is -0.332. The molecule has 0 radical (unpaired) electrons. The number of amides is 1. The fraction of sp³-hybridized carbons (Fsp3) is 0. The Morgan fingerprint density at radius 1 is 1.20 bits per heavy atom.